The van der Waals surface area contributed by atoms with Gasteiger partial charge in [0.05, 0.1) is 19.2 Å². The van der Waals surface area contributed by atoms with Crippen LogP contribution in [-0.2, 0) is 0 Å². The first-order valence-electron chi connectivity index (χ1n) is 7.66. The van der Waals surface area contributed by atoms with E-state index in [1.807, 2.05) is 0 Å². The van der Waals surface area contributed by atoms with Crippen molar-refractivity contribution in [3.8, 4) is 23.0 Å². The zero-order chi connectivity index (χ0) is 17.8. The van der Waals surface area contributed by atoms with Crippen molar-refractivity contribution in [1.82, 2.24) is 0 Å². The molecule has 0 spiro atoms. The molecular formula is C19H17ClO5. The summed E-state index contributed by atoms with van der Waals surface area (Å²) < 4.78 is 21.4. The van der Waals surface area contributed by atoms with Gasteiger partial charge in [-0.1, -0.05) is 17.7 Å². The van der Waals surface area contributed by atoms with Gasteiger partial charge in [0.2, 0.25) is 0 Å². The van der Waals surface area contributed by atoms with E-state index in [9.17, 15) is 4.79 Å². The zero-order valence-electron chi connectivity index (χ0n) is 13.9. The predicted octanol–water partition coefficient (Wildman–Crippen LogP) is 4.02. The molecule has 0 radical (unpaired) electrons. The maximum atomic E-state index is 12.4. The summed E-state index contributed by atoms with van der Waals surface area (Å²) in [5, 5.41) is 0.410. The van der Waals surface area contributed by atoms with E-state index in [-0.39, 0.29) is 5.78 Å². The average Bonchev–Trinajstić information content (AvgIpc) is 2.65. The summed E-state index contributed by atoms with van der Waals surface area (Å²) in [6.45, 7) is 0.991. The number of halogens is 1. The number of fused-ring (bicyclic) bond motifs is 1. The molecule has 25 heavy (non-hydrogen) atoms. The number of carbonyl (C=O) groups is 1. The van der Waals surface area contributed by atoms with E-state index in [4.69, 9.17) is 30.5 Å². The maximum absolute atomic E-state index is 12.4. The van der Waals surface area contributed by atoms with E-state index >= 15 is 0 Å². The van der Waals surface area contributed by atoms with E-state index < -0.39 is 0 Å². The Hall–Kier alpha value is -2.66. The van der Waals surface area contributed by atoms with Crippen LogP contribution < -0.4 is 18.9 Å². The highest BCUT2D eigenvalue weighted by molar-refractivity contribution is 6.32. The smallest absolute Gasteiger partial charge is 0.185 e. The molecule has 0 fully saturated rings. The van der Waals surface area contributed by atoms with E-state index in [1.54, 1.807) is 36.4 Å². The summed E-state index contributed by atoms with van der Waals surface area (Å²) in [4.78, 5) is 12.4. The lowest BCUT2D eigenvalue weighted by Gasteiger charge is -2.18. The fourth-order valence-electron chi connectivity index (χ4n) is 2.50. The monoisotopic (exact) mass is 360 g/mol. The SMILES string of the molecule is COc1cc(/C=C/C(=O)c2ccc3c(c2)OCCO3)cc(Cl)c1OC. The third-order valence-corrected chi connectivity index (χ3v) is 3.99. The molecule has 5 nitrogen and oxygen atoms in total. The summed E-state index contributed by atoms with van der Waals surface area (Å²) in [7, 11) is 3.05. The number of hydrogen-bond donors (Lipinski definition) is 0. The molecular weight excluding hydrogens is 344 g/mol. The molecule has 0 saturated heterocycles. The van der Waals surface area contributed by atoms with E-state index in [0.717, 1.165) is 5.56 Å². The van der Waals surface area contributed by atoms with Crippen LogP contribution in [0.3, 0.4) is 0 Å². The minimum Gasteiger partial charge on any atom is -0.493 e. The molecule has 0 bridgehead atoms. The zero-order valence-corrected chi connectivity index (χ0v) is 14.6. The Labute approximate surface area is 150 Å². The van der Waals surface area contributed by atoms with Crippen LogP contribution >= 0.6 is 11.6 Å². The fraction of sp³-hybridized carbons (Fsp3) is 0.211. The van der Waals surface area contributed by atoms with Crippen LogP contribution in [0.5, 0.6) is 23.0 Å². The molecule has 0 saturated carbocycles. The van der Waals surface area contributed by atoms with Gasteiger partial charge >= 0.3 is 0 Å². The van der Waals surface area contributed by atoms with Gasteiger partial charge in [0, 0.05) is 5.56 Å². The van der Waals surface area contributed by atoms with Crippen LogP contribution in [0.15, 0.2) is 36.4 Å². The van der Waals surface area contributed by atoms with Crippen LogP contribution in [0, 0.1) is 0 Å². The molecule has 6 heteroatoms. The molecule has 2 aromatic rings. The minimum absolute atomic E-state index is 0.150. The van der Waals surface area contributed by atoms with Crippen LogP contribution in [0.2, 0.25) is 5.02 Å². The average molecular weight is 361 g/mol. The van der Waals surface area contributed by atoms with Crippen molar-refractivity contribution in [1.29, 1.82) is 0 Å². The summed E-state index contributed by atoms with van der Waals surface area (Å²) in [5.74, 6) is 2.04. The molecule has 0 aliphatic carbocycles. The molecule has 2 aromatic carbocycles. The Bertz CT molecular complexity index is 829. The molecule has 0 aromatic heterocycles. The summed E-state index contributed by atoms with van der Waals surface area (Å²) in [6.07, 6.45) is 3.15. The second kappa shape index (κ2) is 7.49. The lowest BCUT2D eigenvalue weighted by atomic mass is 10.1. The standard InChI is InChI=1S/C19H17ClO5/c1-22-18-10-12(9-14(20)19(18)23-2)3-5-15(21)13-4-6-16-17(11-13)25-8-7-24-16/h3-6,9-11H,7-8H2,1-2H3/b5-3+. The molecule has 0 atom stereocenters. The Morgan fingerprint density at radius 2 is 1.84 bits per heavy atom. The van der Waals surface area contributed by atoms with E-state index in [2.05, 4.69) is 0 Å². The first kappa shape index (κ1) is 17.2. The van der Waals surface area contributed by atoms with Gasteiger partial charge in [0.25, 0.3) is 0 Å². The summed E-state index contributed by atoms with van der Waals surface area (Å²) in [6, 6.07) is 8.59. The number of carbonyl (C=O) groups excluding carboxylic acids is 1. The predicted molar refractivity (Wildman–Crippen MR) is 95.4 cm³/mol. The fourth-order valence-corrected chi connectivity index (χ4v) is 2.80. The van der Waals surface area contributed by atoms with Gasteiger partial charge in [-0.05, 0) is 42.0 Å². The van der Waals surface area contributed by atoms with Gasteiger partial charge in [-0.15, -0.1) is 0 Å². The van der Waals surface area contributed by atoms with Crippen LogP contribution in [0.25, 0.3) is 6.08 Å². The van der Waals surface area contributed by atoms with E-state index in [0.29, 0.717) is 46.8 Å². The molecule has 0 N–H and O–H groups in total. The van der Waals surface area contributed by atoms with Gasteiger partial charge in [-0.25, -0.2) is 0 Å². The number of ketones is 1. The van der Waals surface area contributed by atoms with Crippen molar-refractivity contribution in [2.24, 2.45) is 0 Å². The Kier molecular flexibility index (Phi) is 5.14. The number of methoxy groups -OCH3 is 2. The van der Waals surface area contributed by atoms with Gasteiger partial charge in [-0.3, -0.25) is 4.79 Å². The van der Waals surface area contributed by atoms with Crippen molar-refractivity contribution < 1.29 is 23.7 Å². The normalized spacial score (nSPS) is 12.9. The van der Waals surface area contributed by atoms with Crippen molar-refractivity contribution >= 4 is 23.5 Å². The van der Waals surface area contributed by atoms with Gasteiger partial charge < -0.3 is 18.9 Å². The first-order chi connectivity index (χ1) is 12.1. The largest absolute Gasteiger partial charge is 0.493 e. The van der Waals surface area contributed by atoms with Crippen molar-refractivity contribution in [2.45, 2.75) is 0 Å². The summed E-state index contributed by atoms with van der Waals surface area (Å²) in [5.41, 5.74) is 1.25. The molecule has 1 heterocycles. The lowest BCUT2D eigenvalue weighted by Crippen LogP contribution is -2.15. The van der Waals surface area contributed by atoms with Gasteiger partial charge in [0.1, 0.15) is 13.2 Å². The highest BCUT2D eigenvalue weighted by Gasteiger charge is 2.14. The molecule has 130 valence electrons. The molecule has 1 aliphatic rings. The topological polar surface area (TPSA) is 54.0 Å². The van der Waals surface area contributed by atoms with Crippen LogP contribution in [-0.4, -0.2) is 33.2 Å². The molecule has 3 rings (SSSR count). The second-order valence-electron chi connectivity index (χ2n) is 5.29. The number of ether oxygens (including phenoxy) is 4. The van der Waals surface area contributed by atoms with Crippen molar-refractivity contribution in [3.63, 3.8) is 0 Å². The van der Waals surface area contributed by atoms with Crippen LogP contribution in [0.1, 0.15) is 15.9 Å². The molecule has 0 unspecified atom stereocenters. The lowest BCUT2D eigenvalue weighted by molar-refractivity contribution is 0.104. The summed E-state index contributed by atoms with van der Waals surface area (Å²) >= 11 is 6.17. The van der Waals surface area contributed by atoms with E-state index in [1.165, 1.54) is 20.3 Å². The number of rotatable bonds is 5. The number of allylic oxidation sites excluding steroid dienone is 1. The Morgan fingerprint density at radius 1 is 1.08 bits per heavy atom. The Balaban J connectivity index is 1.82. The second-order valence-corrected chi connectivity index (χ2v) is 5.70. The van der Waals surface area contributed by atoms with Crippen LogP contribution in [0.4, 0.5) is 0 Å². The van der Waals surface area contributed by atoms with Crippen molar-refractivity contribution in [3.05, 3.63) is 52.6 Å². The van der Waals surface area contributed by atoms with Crippen molar-refractivity contribution in [2.75, 3.05) is 27.4 Å². The van der Waals surface area contributed by atoms with Gasteiger partial charge in [-0.2, -0.15) is 0 Å². The quantitative estimate of drug-likeness (QED) is 0.595. The highest BCUT2D eigenvalue weighted by Crippen LogP contribution is 2.36. The highest BCUT2D eigenvalue weighted by atomic mass is 35.5. The Morgan fingerprint density at radius 3 is 2.56 bits per heavy atom. The third kappa shape index (κ3) is 3.72. The minimum atomic E-state index is -0.150. The molecule has 0 amide bonds. The molecule has 1 aliphatic heterocycles. The first-order valence-corrected chi connectivity index (χ1v) is 8.03. The number of benzene rings is 2. The van der Waals surface area contributed by atoms with Gasteiger partial charge in [0.15, 0.2) is 28.8 Å². The number of hydrogen-bond acceptors (Lipinski definition) is 5. The maximum Gasteiger partial charge on any atom is 0.185 e. The third-order valence-electron chi connectivity index (χ3n) is 3.71.